The standard InChI is InChI=1S/C15H22ClNO3/c1-5-8-20-13-7-6-11(16)9-12(13)14(18)17(4)10-15(2,3)19/h6-7,9,19H,5,8,10H2,1-4H3. The van der Waals surface area contributed by atoms with E-state index in [4.69, 9.17) is 16.3 Å². The highest BCUT2D eigenvalue weighted by Crippen LogP contribution is 2.24. The summed E-state index contributed by atoms with van der Waals surface area (Å²) in [5.74, 6) is 0.296. The smallest absolute Gasteiger partial charge is 0.257 e. The van der Waals surface area contributed by atoms with Crippen LogP contribution in [0.25, 0.3) is 0 Å². The van der Waals surface area contributed by atoms with Gasteiger partial charge in [-0.25, -0.2) is 0 Å². The molecule has 0 unspecified atom stereocenters. The van der Waals surface area contributed by atoms with Gasteiger partial charge >= 0.3 is 0 Å². The topological polar surface area (TPSA) is 49.8 Å². The van der Waals surface area contributed by atoms with Gasteiger partial charge in [0.25, 0.3) is 5.91 Å². The van der Waals surface area contributed by atoms with Crippen LogP contribution in [0.2, 0.25) is 5.02 Å². The number of rotatable bonds is 6. The molecule has 112 valence electrons. The summed E-state index contributed by atoms with van der Waals surface area (Å²) in [6, 6.07) is 4.98. The van der Waals surface area contributed by atoms with Crippen molar-refractivity contribution in [3.05, 3.63) is 28.8 Å². The second-order valence-corrected chi connectivity index (χ2v) is 5.90. The van der Waals surface area contributed by atoms with Gasteiger partial charge in [0.15, 0.2) is 0 Å². The van der Waals surface area contributed by atoms with E-state index in [1.165, 1.54) is 4.90 Å². The van der Waals surface area contributed by atoms with Crippen LogP contribution in [0.15, 0.2) is 18.2 Å². The van der Waals surface area contributed by atoms with E-state index in [0.29, 0.717) is 22.9 Å². The molecule has 0 aromatic heterocycles. The Hall–Kier alpha value is -1.26. The summed E-state index contributed by atoms with van der Waals surface area (Å²) in [6.45, 7) is 6.08. The lowest BCUT2D eigenvalue weighted by Crippen LogP contribution is -2.39. The Kier molecular flexibility index (Phi) is 5.84. The third-order valence-electron chi connectivity index (χ3n) is 2.60. The van der Waals surface area contributed by atoms with Crippen molar-refractivity contribution in [2.75, 3.05) is 20.2 Å². The van der Waals surface area contributed by atoms with E-state index in [1.807, 2.05) is 6.92 Å². The van der Waals surface area contributed by atoms with Crippen molar-refractivity contribution in [1.82, 2.24) is 4.90 Å². The average molecular weight is 300 g/mol. The number of benzene rings is 1. The van der Waals surface area contributed by atoms with E-state index < -0.39 is 5.60 Å². The molecule has 4 nitrogen and oxygen atoms in total. The third kappa shape index (κ3) is 5.02. The molecule has 1 amide bonds. The van der Waals surface area contributed by atoms with Crippen LogP contribution in [0.3, 0.4) is 0 Å². The molecular weight excluding hydrogens is 278 g/mol. The van der Waals surface area contributed by atoms with Crippen molar-refractivity contribution >= 4 is 17.5 Å². The van der Waals surface area contributed by atoms with Gasteiger partial charge in [0.2, 0.25) is 0 Å². The van der Waals surface area contributed by atoms with Gasteiger partial charge in [0.05, 0.1) is 17.8 Å². The highest BCUT2D eigenvalue weighted by molar-refractivity contribution is 6.31. The Bertz CT molecular complexity index is 469. The molecule has 0 bridgehead atoms. The van der Waals surface area contributed by atoms with Crippen molar-refractivity contribution in [1.29, 1.82) is 0 Å². The van der Waals surface area contributed by atoms with Crippen LogP contribution < -0.4 is 4.74 Å². The van der Waals surface area contributed by atoms with E-state index in [9.17, 15) is 9.90 Å². The first-order valence-corrected chi connectivity index (χ1v) is 7.02. The first-order chi connectivity index (χ1) is 9.24. The van der Waals surface area contributed by atoms with Gasteiger partial charge in [-0.1, -0.05) is 18.5 Å². The highest BCUT2D eigenvalue weighted by Gasteiger charge is 2.23. The molecule has 0 aliphatic rings. The summed E-state index contributed by atoms with van der Waals surface area (Å²) < 4.78 is 5.57. The summed E-state index contributed by atoms with van der Waals surface area (Å²) in [7, 11) is 1.64. The zero-order valence-electron chi connectivity index (χ0n) is 12.4. The van der Waals surface area contributed by atoms with E-state index in [0.717, 1.165) is 6.42 Å². The SMILES string of the molecule is CCCOc1ccc(Cl)cc1C(=O)N(C)CC(C)(C)O. The Morgan fingerprint density at radius 2 is 2.10 bits per heavy atom. The molecule has 0 atom stereocenters. The molecule has 0 heterocycles. The molecule has 1 rings (SSSR count). The lowest BCUT2D eigenvalue weighted by Gasteiger charge is -2.26. The largest absolute Gasteiger partial charge is 0.493 e. The summed E-state index contributed by atoms with van der Waals surface area (Å²) in [5, 5.41) is 10.3. The fraction of sp³-hybridized carbons (Fsp3) is 0.533. The predicted molar refractivity (Wildman–Crippen MR) is 80.5 cm³/mol. The van der Waals surface area contributed by atoms with Gasteiger partial charge in [-0.3, -0.25) is 4.79 Å². The predicted octanol–water partition coefficient (Wildman–Crippen LogP) is 2.97. The van der Waals surface area contributed by atoms with E-state index in [-0.39, 0.29) is 12.5 Å². The maximum atomic E-state index is 12.4. The molecule has 1 aromatic carbocycles. The lowest BCUT2D eigenvalue weighted by atomic mass is 10.1. The number of hydrogen-bond donors (Lipinski definition) is 1. The normalized spacial score (nSPS) is 11.3. The zero-order valence-corrected chi connectivity index (χ0v) is 13.2. The minimum atomic E-state index is -0.951. The Morgan fingerprint density at radius 3 is 2.65 bits per heavy atom. The van der Waals surface area contributed by atoms with E-state index in [2.05, 4.69) is 0 Å². The van der Waals surface area contributed by atoms with Crippen molar-refractivity contribution in [3.8, 4) is 5.75 Å². The molecule has 0 aliphatic carbocycles. The van der Waals surface area contributed by atoms with Crippen LogP contribution >= 0.6 is 11.6 Å². The maximum Gasteiger partial charge on any atom is 0.257 e. The van der Waals surface area contributed by atoms with E-state index >= 15 is 0 Å². The summed E-state index contributed by atoms with van der Waals surface area (Å²) in [6.07, 6.45) is 0.857. The van der Waals surface area contributed by atoms with Gasteiger partial charge < -0.3 is 14.7 Å². The summed E-state index contributed by atoms with van der Waals surface area (Å²) >= 11 is 5.96. The van der Waals surface area contributed by atoms with Gasteiger partial charge in [0.1, 0.15) is 5.75 Å². The fourth-order valence-corrected chi connectivity index (χ4v) is 2.04. The number of carbonyl (C=O) groups excluding carboxylic acids is 1. The van der Waals surface area contributed by atoms with Crippen molar-refractivity contribution < 1.29 is 14.6 Å². The molecule has 1 N–H and O–H groups in total. The van der Waals surface area contributed by atoms with Crippen molar-refractivity contribution in [3.63, 3.8) is 0 Å². The van der Waals surface area contributed by atoms with Crippen LogP contribution in [0.5, 0.6) is 5.75 Å². The Morgan fingerprint density at radius 1 is 1.45 bits per heavy atom. The second kappa shape index (κ2) is 6.95. The first kappa shape index (κ1) is 16.8. The lowest BCUT2D eigenvalue weighted by molar-refractivity contribution is 0.0365. The molecule has 5 heteroatoms. The fourth-order valence-electron chi connectivity index (χ4n) is 1.87. The van der Waals surface area contributed by atoms with Gasteiger partial charge in [-0.2, -0.15) is 0 Å². The van der Waals surface area contributed by atoms with Crippen LogP contribution in [-0.2, 0) is 0 Å². The van der Waals surface area contributed by atoms with E-state index in [1.54, 1.807) is 39.1 Å². The number of amides is 1. The molecule has 0 saturated heterocycles. The van der Waals surface area contributed by atoms with Crippen molar-refractivity contribution in [2.45, 2.75) is 32.8 Å². The van der Waals surface area contributed by atoms with Gasteiger partial charge in [0, 0.05) is 18.6 Å². The molecule has 1 aromatic rings. The third-order valence-corrected chi connectivity index (χ3v) is 2.84. The number of likely N-dealkylation sites (N-methyl/N-ethyl adjacent to an activating group) is 1. The molecule has 0 radical (unpaired) electrons. The average Bonchev–Trinajstić information content (AvgIpc) is 2.34. The first-order valence-electron chi connectivity index (χ1n) is 6.65. The summed E-state index contributed by atoms with van der Waals surface area (Å²) in [5.41, 5.74) is -0.536. The Balaban J connectivity index is 2.98. The Labute approximate surface area is 125 Å². The zero-order chi connectivity index (χ0) is 15.3. The van der Waals surface area contributed by atoms with Crippen LogP contribution in [-0.4, -0.2) is 41.7 Å². The van der Waals surface area contributed by atoms with Crippen LogP contribution in [0, 0.1) is 0 Å². The number of aliphatic hydroxyl groups is 1. The number of halogens is 1. The van der Waals surface area contributed by atoms with Crippen LogP contribution in [0.1, 0.15) is 37.6 Å². The number of nitrogens with zero attached hydrogens (tertiary/aromatic N) is 1. The maximum absolute atomic E-state index is 12.4. The minimum absolute atomic E-state index is 0.222. The number of hydrogen-bond acceptors (Lipinski definition) is 3. The van der Waals surface area contributed by atoms with Gasteiger partial charge in [-0.05, 0) is 38.5 Å². The molecule has 0 saturated carbocycles. The quantitative estimate of drug-likeness (QED) is 0.878. The molecule has 0 fully saturated rings. The highest BCUT2D eigenvalue weighted by atomic mass is 35.5. The van der Waals surface area contributed by atoms with Gasteiger partial charge in [-0.15, -0.1) is 0 Å². The van der Waals surface area contributed by atoms with Crippen LogP contribution in [0.4, 0.5) is 0 Å². The number of ether oxygens (including phenoxy) is 1. The second-order valence-electron chi connectivity index (χ2n) is 5.46. The number of carbonyl (C=O) groups is 1. The monoisotopic (exact) mass is 299 g/mol. The molecular formula is C15H22ClNO3. The summed E-state index contributed by atoms with van der Waals surface area (Å²) in [4.78, 5) is 13.9. The van der Waals surface area contributed by atoms with Crippen molar-refractivity contribution in [2.24, 2.45) is 0 Å². The molecule has 0 aliphatic heterocycles. The molecule has 20 heavy (non-hydrogen) atoms. The molecule has 0 spiro atoms. The minimum Gasteiger partial charge on any atom is -0.493 e.